The predicted molar refractivity (Wildman–Crippen MR) is 67.2 cm³/mol. The first kappa shape index (κ1) is 15.9. The molecule has 1 amide bonds. The molecule has 0 aromatic rings. The lowest BCUT2D eigenvalue weighted by Gasteiger charge is -2.26. The van der Waals surface area contributed by atoms with Crippen LogP contribution in [-0.4, -0.2) is 70.1 Å². The number of amides is 1. The minimum Gasteiger partial charge on any atom is -0.469 e. The average molecular weight is 293 g/mol. The largest absolute Gasteiger partial charge is 0.469 e. The van der Waals surface area contributed by atoms with Crippen molar-refractivity contribution >= 4 is 21.7 Å². The number of hydrogen-bond donors (Lipinski definition) is 0. The van der Waals surface area contributed by atoms with Gasteiger partial charge < -0.3 is 14.4 Å². The minimum atomic E-state index is -3.62. The van der Waals surface area contributed by atoms with E-state index in [1.165, 1.54) is 18.9 Å². The van der Waals surface area contributed by atoms with Crippen molar-refractivity contribution in [1.82, 2.24) is 4.90 Å². The fraction of sp³-hybridized carbons (Fsp3) is 0.818. The highest BCUT2D eigenvalue weighted by Gasteiger charge is 2.27. The number of morpholine rings is 1. The van der Waals surface area contributed by atoms with Crippen LogP contribution in [0.5, 0.6) is 0 Å². The van der Waals surface area contributed by atoms with Crippen LogP contribution in [-0.2, 0) is 28.9 Å². The number of nitrogens with zero attached hydrogens (tertiary/aromatic N) is 1. The van der Waals surface area contributed by atoms with E-state index < -0.39 is 33.4 Å². The second-order valence-electron chi connectivity index (χ2n) is 4.47. The van der Waals surface area contributed by atoms with E-state index in [9.17, 15) is 18.0 Å². The van der Waals surface area contributed by atoms with Gasteiger partial charge in [-0.2, -0.15) is 0 Å². The van der Waals surface area contributed by atoms with Gasteiger partial charge in [0.2, 0.25) is 5.91 Å². The Morgan fingerprint density at radius 2 is 1.89 bits per heavy atom. The Balaban J connectivity index is 2.53. The lowest BCUT2D eigenvalue weighted by Crippen LogP contribution is -2.44. The smallest absolute Gasteiger partial charge is 0.309 e. The van der Waals surface area contributed by atoms with Crippen molar-refractivity contribution in [1.29, 1.82) is 0 Å². The Hall–Kier alpha value is -1.15. The lowest BCUT2D eigenvalue weighted by molar-refractivity contribution is -0.144. The maximum absolute atomic E-state index is 11.8. The molecule has 1 heterocycles. The summed E-state index contributed by atoms with van der Waals surface area (Å²) < 4.78 is 33.2. The van der Waals surface area contributed by atoms with Gasteiger partial charge in [-0.25, -0.2) is 8.42 Å². The van der Waals surface area contributed by atoms with Crippen LogP contribution >= 0.6 is 0 Å². The summed E-state index contributed by atoms with van der Waals surface area (Å²) in [6, 6.07) is 0. The number of ether oxygens (including phenoxy) is 2. The molecule has 110 valence electrons. The topological polar surface area (TPSA) is 90.0 Å². The van der Waals surface area contributed by atoms with Gasteiger partial charge in [-0.3, -0.25) is 9.59 Å². The van der Waals surface area contributed by atoms with E-state index in [1.54, 1.807) is 0 Å². The molecular formula is C11H19NO6S. The predicted octanol–water partition coefficient (Wildman–Crippen LogP) is -0.931. The van der Waals surface area contributed by atoms with Crippen LogP contribution in [0.2, 0.25) is 0 Å². The Bertz CT molecular complexity index is 426. The second kappa shape index (κ2) is 6.85. The summed E-state index contributed by atoms with van der Waals surface area (Å²) in [5.74, 6) is -2.76. The number of carbonyl (C=O) groups excluding carboxylic acids is 2. The van der Waals surface area contributed by atoms with Gasteiger partial charge in [0.25, 0.3) is 0 Å². The normalized spacial score (nSPS) is 17.9. The van der Waals surface area contributed by atoms with Crippen LogP contribution < -0.4 is 0 Å². The first-order valence-electron chi connectivity index (χ1n) is 5.99. The number of rotatable bonds is 5. The molecule has 0 N–H and O–H groups in total. The molecule has 0 aliphatic carbocycles. The number of methoxy groups -OCH3 is 1. The molecule has 1 unspecified atom stereocenters. The quantitative estimate of drug-likeness (QED) is 0.608. The summed E-state index contributed by atoms with van der Waals surface area (Å²) in [6.45, 7) is 3.11. The van der Waals surface area contributed by atoms with E-state index in [2.05, 4.69) is 4.74 Å². The number of carbonyl (C=O) groups is 2. The summed E-state index contributed by atoms with van der Waals surface area (Å²) in [7, 11) is -2.42. The van der Waals surface area contributed by atoms with Crippen LogP contribution in [0.3, 0.4) is 0 Å². The molecule has 0 aromatic carbocycles. The van der Waals surface area contributed by atoms with Crippen LogP contribution in [0.25, 0.3) is 0 Å². The fourth-order valence-electron chi connectivity index (χ4n) is 1.80. The Labute approximate surface area is 112 Å². The van der Waals surface area contributed by atoms with Crippen molar-refractivity contribution in [3.05, 3.63) is 0 Å². The third kappa shape index (κ3) is 5.15. The summed E-state index contributed by atoms with van der Waals surface area (Å²) in [4.78, 5) is 24.5. The van der Waals surface area contributed by atoms with Gasteiger partial charge in [-0.05, 0) is 0 Å². The summed E-state index contributed by atoms with van der Waals surface area (Å²) in [5, 5.41) is 0. The molecule has 7 nitrogen and oxygen atoms in total. The van der Waals surface area contributed by atoms with Gasteiger partial charge in [-0.1, -0.05) is 6.92 Å². The van der Waals surface area contributed by atoms with Gasteiger partial charge in [0.15, 0.2) is 9.84 Å². The fourth-order valence-corrected chi connectivity index (χ4v) is 3.38. The number of hydrogen-bond acceptors (Lipinski definition) is 6. The van der Waals surface area contributed by atoms with Gasteiger partial charge in [0, 0.05) is 13.1 Å². The lowest BCUT2D eigenvalue weighted by atomic mass is 10.2. The van der Waals surface area contributed by atoms with Crippen molar-refractivity contribution in [2.45, 2.75) is 6.92 Å². The molecule has 1 fully saturated rings. The highest BCUT2D eigenvalue weighted by atomic mass is 32.2. The maximum atomic E-state index is 11.8. The molecule has 1 rings (SSSR count). The molecule has 19 heavy (non-hydrogen) atoms. The van der Waals surface area contributed by atoms with Gasteiger partial charge >= 0.3 is 5.97 Å². The van der Waals surface area contributed by atoms with Crippen molar-refractivity contribution < 1.29 is 27.5 Å². The highest BCUT2D eigenvalue weighted by molar-refractivity contribution is 7.92. The van der Waals surface area contributed by atoms with Crippen molar-refractivity contribution in [3.8, 4) is 0 Å². The van der Waals surface area contributed by atoms with Crippen molar-refractivity contribution in [2.75, 3.05) is 44.9 Å². The van der Waals surface area contributed by atoms with E-state index in [0.717, 1.165) is 0 Å². The van der Waals surface area contributed by atoms with Crippen molar-refractivity contribution in [2.24, 2.45) is 5.92 Å². The number of sulfone groups is 1. The third-order valence-electron chi connectivity index (χ3n) is 2.81. The zero-order valence-corrected chi connectivity index (χ0v) is 11.9. The van der Waals surface area contributed by atoms with E-state index in [1.807, 2.05) is 0 Å². The third-order valence-corrected chi connectivity index (χ3v) is 4.51. The first-order chi connectivity index (χ1) is 8.85. The molecule has 0 bridgehead atoms. The molecule has 0 spiro atoms. The maximum Gasteiger partial charge on any atom is 0.309 e. The molecule has 1 saturated heterocycles. The molecule has 1 atom stereocenters. The SMILES string of the molecule is COC(=O)C(C)CS(=O)(=O)CC(=O)N1CCOCC1. The monoisotopic (exact) mass is 293 g/mol. The first-order valence-corrected chi connectivity index (χ1v) is 7.81. The summed E-state index contributed by atoms with van der Waals surface area (Å²) in [6.07, 6.45) is 0. The molecule has 0 radical (unpaired) electrons. The van der Waals surface area contributed by atoms with Gasteiger partial charge in [0.05, 0.1) is 32.0 Å². The second-order valence-corrected chi connectivity index (χ2v) is 6.58. The highest BCUT2D eigenvalue weighted by Crippen LogP contribution is 2.06. The average Bonchev–Trinajstić information content (AvgIpc) is 2.37. The van der Waals surface area contributed by atoms with Crippen LogP contribution in [0.15, 0.2) is 0 Å². The van der Waals surface area contributed by atoms with Crippen LogP contribution in [0, 0.1) is 5.92 Å². The van der Waals surface area contributed by atoms with E-state index in [-0.39, 0.29) is 5.75 Å². The number of esters is 1. The van der Waals surface area contributed by atoms with E-state index in [4.69, 9.17) is 4.74 Å². The standard InChI is InChI=1S/C11H19NO6S/c1-9(11(14)17-2)7-19(15,16)8-10(13)12-3-5-18-6-4-12/h9H,3-8H2,1-2H3. The minimum absolute atomic E-state index is 0.379. The Morgan fingerprint density at radius 3 is 2.42 bits per heavy atom. The zero-order chi connectivity index (χ0) is 14.5. The van der Waals surface area contributed by atoms with Crippen LogP contribution in [0.4, 0.5) is 0 Å². The molecule has 0 aromatic heterocycles. The van der Waals surface area contributed by atoms with Crippen molar-refractivity contribution in [3.63, 3.8) is 0 Å². The zero-order valence-electron chi connectivity index (χ0n) is 11.1. The van der Waals surface area contributed by atoms with E-state index in [0.29, 0.717) is 26.3 Å². The van der Waals surface area contributed by atoms with E-state index >= 15 is 0 Å². The molecular weight excluding hydrogens is 274 g/mol. The molecule has 0 saturated carbocycles. The molecule has 1 aliphatic heterocycles. The van der Waals surface area contributed by atoms with Crippen LogP contribution in [0.1, 0.15) is 6.92 Å². The van der Waals surface area contributed by atoms with Gasteiger partial charge in [0.1, 0.15) is 5.75 Å². The summed E-state index contributed by atoms with van der Waals surface area (Å²) in [5.41, 5.74) is 0. The molecule has 8 heteroatoms. The molecule has 1 aliphatic rings. The Morgan fingerprint density at radius 1 is 1.32 bits per heavy atom. The van der Waals surface area contributed by atoms with Gasteiger partial charge in [-0.15, -0.1) is 0 Å². The Kier molecular flexibility index (Phi) is 5.74. The summed E-state index contributed by atoms with van der Waals surface area (Å²) >= 11 is 0.